The number of nitrogens with zero attached hydrogens (tertiary/aromatic N) is 3. The van der Waals surface area contributed by atoms with E-state index in [0.717, 1.165) is 17.5 Å². The molecule has 5 heteroatoms. The molecule has 0 radical (unpaired) electrons. The van der Waals surface area contributed by atoms with Crippen molar-refractivity contribution in [1.82, 2.24) is 15.1 Å². The molecule has 2 heterocycles. The van der Waals surface area contributed by atoms with Gasteiger partial charge in [0.25, 0.3) is 0 Å². The maximum absolute atomic E-state index is 9.82. The van der Waals surface area contributed by atoms with Gasteiger partial charge in [0.2, 0.25) is 11.7 Å². The van der Waals surface area contributed by atoms with Crippen LogP contribution in [0, 0.1) is 0 Å². The van der Waals surface area contributed by atoms with Gasteiger partial charge in [0.15, 0.2) is 0 Å². The molecule has 102 valence electrons. The standard InChI is InChI=1S/C14H19N3O2/c1-4-10-8-15-7-6-11(10)13-16-14(19-17-13)9(3)12(18)5-2/h6-9,12,18H,4-5H2,1-3H3. The van der Waals surface area contributed by atoms with E-state index < -0.39 is 6.10 Å². The van der Waals surface area contributed by atoms with Crippen LogP contribution in [0.1, 0.15) is 44.6 Å². The van der Waals surface area contributed by atoms with Crippen LogP contribution < -0.4 is 0 Å². The second-order valence-electron chi connectivity index (χ2n) is 4.61. The second-order valence-corrected chi connectivity index (χ2v) is 4.61. The molecule has 1 N–H and O–H groups in total. The Morgan fingerprint density at radius 3 is 2.84 bits per heavy atom. The van der Waals surface area contributed by atoms with E-state index >= 15 is 0 Å². The molecule has 2 unspecified atom stereocenters. The van der Waals surface area contributed by atoms with Gasteiger partial charge in [-0.25, -0.2) is 0 Å². The molecule has 2 atom stereocenters. The molecule has 2 aromatic rings. The van der Waals surface area contributed by atoms with Gasteiger partial charge in [-0.3, -0.25) is 4.98 Å². The molecule has 0 spiro atoms. The Kier molecular flexibility index (Phi) is 4.27. The zero-order valence-corrected chi connectivity index (χ0v) is 11.5. The number of aryl methyl sites for hydroxylation is 1. The molecule has 0 aliphatic rings. The van der Waals surface area contributed by atoms with E-state index in [1.54, 1.807) is 6.20 Å². The summed E-state index contributed by atoms with van der Waals surface area (Å²) in [5.41, 5.74) is 2.02. The predicted octanol–water partition coefficient (Wildman–Crippen LogP) is 2.57. The highest BCUT2D eigenvalue weighted by molar-refractivity contribution is 5.58. The Morgan fingerprint density at radius 2 is 2.16 bits per heavy atom. The Morgan fingerprint density at radius 1 is 1.37 bits per heavy atom. The number of hydrogen-bond donors (Lipinski definition) is 1. The van der Waals surface area contributed by atoms with Crippen molar-refractivity contribution in [2.75, 3.05) is 0 Å². The van der Waals surface area contributed by atoms with Crippen molar-refractivity contribution in [3.05, 3.63) is 29.9 Å². The molecule has 0 fully saturated rings. The lowest BCUT2D eigenvalue weighted by atomic mass is 10.0. The first-order valence-electron chi connectivity index (χ1n) is 6.62. The summed E-state index contributed by atoms with van der Waals surface area (Å²) >= 11 is 0. The van der Waals surface area contributed by atoms with Crippen molar-refractivity contribution >= 4 is 0 Å². The quantitative estimate of drug-likeness (QED) is 0.895. The fourth-order valence-corrected chi connectivity index (χ4v) is 1.97. The summed E-state index contributed by atoms with van der Waals surface area (Å²) < 4.78 is 5.26. The second kappa shape index (κ2) is 5.93. The van der Waals surface area contributed by atoms with Gasteiger partial charge in [-0.05, 0) is 24.5 Å². The number of hydrogen-bond acceptors (Lipinski definition) is 5. The number of aliphatic hydroxyl groups is 1. The summed E-state index contributed by atoms with van der Waals surface area (Å²) in [5.74, 6) is 0.880. The smallest absolute Gasteiger partial charge is 0.232 e. The summed E-state index contributed by atoms with van der Waals surface area (Å²) in [6, 6.07) is 1.88. The predicted molar refractivity (Wildman–Crippen MR) is 71.6 cm³/mol. The maximum atomic E-state index is 9.82. The zero-order valence-electron chi connectivity index (χ0n) is 11.5. The molecule has 5 nitrogen and oxygen atoms in total. The first kappa shape index (κ1) is 13.7. The lowest BCUT2D eigenvalue weighted by Gasteiger charge is -2.11. The van der Waals surface area contributed by atoms with Crippen LogP contribution in [0.15, 0.2) is 23.0 Å². The highest BCUT2D eigenvalue weighted by atomic mass is 16.5. The van der Waals surface area contributed by atoms with E-state index in [-0.39, 0.29) is 5.92 Å². The summed E-state index contributed by atoms with van der Waals surface area (Å²) in [6.45, 7) is 5.88. The van der Waals surface area contributed by atoms with Crippen LogP contribution in [0.2, 0.25) is 0 Å². The lowest BCUT2D eigenvalue weighted by Crippen LogP contribution is -2.14. The average molecular weight is 261 g/mol. The van der Waals surface area contributed by atoms with Crippen molar-refractivity contribution < 1.29 is 9.63 Å². The highest BCUT2D eigenvalue weighted by Crippen LogP contribution is 2.24. The number of pyridine rings is 1. The van der Waals surface area contributed by atoms with Gasteiger partial charge >= 0.3 is 0 Å². The molecule has 2 rings (SSSR count). The molecular weight excluding hydrogens is 242 g/mol. The molecule has 0 bridgehead atoms. The van der Waals surface area contributed by atoms with Gasteiger partial charge < -0.3 is 9.63 Å². The van der Waals surface area contributed by atoms with Gasteiger partial charge in [0, 0.05) is 18.0 Å². The van der Waals surface area contributed by atoms with Crippen molar-refractivity contribution in [3.8, 4) is 11.4 Å². The Bertz CT molecular complexity index is 539. The summed E-state index contributed by atoms with van der Waals surface area (Å²) in [5, 5.41) is 13.8. The zero-order chi connectivity index (χ0) is 13.8. The van der Waals surface area contributed by atoms with Gasteiger partial charge in [-0.1, -0.05) is 25.9 Å². The first-order valence-corrected chi connectivity index (χ1v) is 6.62. The van der Waals surface area contributed by atoms with E-state index in [1.807, 2.05) is 26.1 Å². The minimum absolute atomic E-state index is 0.154. The molecule has 0 aliphatic heterocycles. The van der Waals surface area contributed by atoms with E-state index in [4.69, 9.17) is 4.52 Å². The molecule has 19 heavy (non-hydrogen) atoms. The Labute approximate surface area is 112 Å². The normalized spacial score (nSPS) is 14.3. The molecule has 0 aliphatic carbocycles. The SMILES string of the molecule is CCc1cnccc1-c1noc(C(C)C(O)CC)n1. The van der Waals surface area contributed by atoms with Gasteiger partial charge in [-0.2, -0.15) is 4.98 Å². The summed E-state index contributed by atoms with van der Waals surface area (Å²) in [7, 11) is 0. The molecule has 0 saturated heterocycles. The third kappa shape index (κ3) is 2.81. The number of aliphatic hydroxyl groups excluding tert-OH is 1. The number of rotatable bonds is 5. The van der Waals surface area contributed by atoms with Crippen LogP contribution in [0.25, 0.3) is 11.4 Å². The third-order valence-corrected chi connectivity index (χ3v) is 3.35. The topological polar surface area (TPSA) is 72.0 Å². The van der Waals surface area contributed by atoms with E-state index in [1.165, 1.54) is 0 Å². The monoisotopic (exact) mass is 261 g/mol. The fraction of sp³-hybridized carbons (Fsp3) is 0.500. The Balaban J connectivity index is 2.30. The van der Waals surface area contributed by atoms with Gasteiger partial charge in [0.05, 0.1) is 12.0 Å². The van der Waals surface area contributed by atoms with E-state index in [2.05, 4.69) is 22.0 Å². The van der Waals surface area contributed by atoms with Gasteiger partial charge in [-0.15, -0.1) is 0 Å². The van der Waals surface area contributed by atoms with Crippen LogP contribution in [0.4, 0.5) is 0 Å². The van der Waals surface area contributed by atoms with Crippen molar-refractivity contribution in [3.63, 3.8) is 0 Å². The Hall–Kier alpha value is -1.75. The highest BCUT2D eigenvalue weighted by Gasteiger charge is 2.21. The first-order chi connectivity index (χ1) is 9.17. The summed E-state index contributed by atoms with van der Waals surface area (Å²) in [4.78, 5) is 8.49. The minimum atomic E-state index is -0.462. The van der Waals surface area contributed by atoms with E-state index in [0.29, 0.717) is 18.1 Å². The van der Waals surface area contributed by atoms with Crippen LogP contribution in [0.3, 0.4) is 0 Å². The summed E-state index contributed by atoms with van der Waals surface area (Å²) in [6.07, 6.45) is 4.59. The van der Waals surface area contributed by atoms with Crippen molar-refractivity contribution in [2.24, 2.45) is 0 Å². The lowest BCUT2D eigenvalue weighted by molar-refractivity contribution is 0.129. The molecule has 2 aromatic heterocycles. The van der Waals surface area contributed by atoms with Crippen molar-refractivity contribution in [2.45, 2.75) is 45.6 Å². The fourth-order valence-electron chi connectivity index (χ4n) is 1.97. The third-order valence-electron chi connectivity index (χ3n) is 3.35. The maximum Gasteiger partial charge on any atom is 0.232 e. The van der Waals surface area contributed by atoms with Crippen LogP contribution in [-0.2, 0) is 6.42 Å². The molecule has 0 amide bonds. The van der Waals surface area contributed by atoms with Crippen LogP contribution in [-0.4, -0.2) is 26.3 Å². The van der Waals surface area contributed by atoms with Gasteiger partial charge in [0.1, 0.15) is 0 Å². The minimum Gasteiger partial charge on any atom is -0.392 e. The molecule has 0 aromatic carbocycles. The molecule has 0 saturated carbocycles. The average Bonchev–Trinajstić information content (AvgIpc) is 2.95. The van der Waals surface area contributed by atoms with Crippen LogP contribution >= 0.6 is 0 Å². The van der Waals surface area contributed by atoms with E-state index in [9.17, 15) is 5.11 Å². The van der Waals surface area contributed by atoms with Crippen LogP contribution in [0.5, 0.6) is 0 Å². The number of aromatic nitrogens is 3. The molecular formula is C14H19N3O2. The largest absolute Gasteiger partial charge is 0.392 e. The van der Waals surface area contributed by atoms with Crippen molar-refractivity contribution in [1.29, 1.82) is 0 Å².